The van der Waals surface area contributed by atoms with E-state index in [9.17, 15) is 9.59 Å². The van der Waals surface area contributed by atoms with Crippen molar-refractivity contribution in [1.29, 1.82) is 0 Å². The van der Waals surface area contributed by atoms with Crippen molar-refractivity contribution >= 4 is 17.6 Å². The maximum absolute atomic E-state index is 12.1. The van der Waals surface area contributed by atoms with Crippen molar-refractivity contribution in [1.82, 2.24) is 0 Å². The first-order valence-electron chi connectivity index (χ1n) is 7.27. The second-order valence-electron chi connectivity index (χ2n) is 5.04. The highest BCUT2D eigenvalue weighted by Gasteiger charge is 2.28. The van der Waals surface area contributed by atoms with Crippen molar-refractivity contribution in [3.05, 3.63) is 23.3 Å². The molecule has 0 aromatic heterocycles. The third-order valence-corrected chi connectivity index (χ3v) is 3.58. The molecule has 1 aromatic rings. The minimum absolute atomic E-state index is 0.0428. The fourth-order valence-corrected chi connectivity index (χ4v) is 2.41. The van der Waals surface area contributed by atoms with Crippen LogP contribution >= 0.6 is 0 Å². The maximum Gasteiger partial charge on any atom is 0.339 e. The Morgan fingerprint density at radius 2 is 2.17 bits per heavy atom. The number of hydrogen-bond acceptors (Lipinski definition) is 5. The molecule has 0 N–H and O–H groups in total. The number of hydrogen-bond donors (Lipinski definition) is 0. The molecule has 6 nitrogen and oxygen atoms in total. The Balaban J connectivity index is 2.34. The van der Waals surface area contributed by atoms with Crippen LogP contribution in [0.15, 0.2) is 12.1 Å². The Bertz CT molecular complexity index is 647. The van der Waals surface area contributed by atoms with E-state index >= 15 is 0 Å². The number of ether oxygens (including phenoxy) is 3. The molecule has 23 heavy (non-hydrogen) atoms. The van der Waals surface area contributed by atoms with Crippen LogP contribution in [-0.2, 0) is 14.3 Å². The minimum atomic E-state index is -0.543. The molecule has 0 saturated carbocycles. The zero-order chi connectivity index (χ0) is 16.8. The Morgan fingerprint density at radius 3 is 2.83 bits per heavy atom. The third-order valence-electron chi connectivity index (χ3n) is 3.58. The van der Waals surface area contributed by atoms with Gasteiger partial charge in [-0.1, -0.05) is 5.92 Å². The Hall–Kier alpha value is -2.52. The number of nitrogens with zero attached hydrogens (tertiary/aromatic N) is 1. The normalized spacial score (nSPS) is 13.1. The van der Waals surface area contributed by atoms with Gasteiger partial charge in [-0.25, -0.2) is 4.79 Å². The highest BCUT2D eigenvalue weighted by Crippen LogP contribution is 2.35. The number of rotatable bonds is 6. The summed E-state index contributed by atoms with van der Waals surface area (Å²) in [6.07, 6.45) is 7.06. The van der Waals surface area contributed by atoms with Gasteiger partial charge in [0.1, 0.15) is 5.75 Å². The van der Waals surface area contributed by atoms with E-state index in [-0.39, 0.29) is 18.1 Å². The van der Waals surface area contributed by atoms with Gasteiger partial charge in [-0.05, 0) is 25.0 Å². The van der Waals surface area contributed by atoms with Crippen molar-refractivity contribution in [2.24, 2.45) is 0 Å². The molecule has 1 aromatic carbocycles. The number of amides is 1. The van der Waals surface area contributed by atoms with Gasteiger partial charge in [-0.3, -0.25) is 4.79 Å². The van der Waals surface area contributed by atoms with E-state index in [0.29, 0.717) is 30.2 Å². The molecule has 6 heteroatoms. The van der Waals surface area contributed by atoms with Crippen molar-refractivity contribution < 1.29 is 23.8 Å². The highest BCUT2D eigenvalue weighted by molar-refractivity contribution is 6.01. The van der Waals surface area contributed by atoms with E-state index in [0.717, 1.165) is 12.8 Å². The van der Waals surface area contributed by atoms with Crippen LogP contribution in [0.2, 0.25) is 0 Å². The maximum atomic E-state index is 12.1. The van der Waals surface area contributed by atoms with E-state index in [4.69, 9.17) is 20.6 Å². The van der Waals surface area contributed by atoms with Crippen LogP contribution in [0, 0.1) is 12.3 Å². The zero-order valence-electron chi connectivity index (χ0n) is 13.3. The molecular weight excluding hydrogens is 298 g/mol. The standard InChI is InChI=1S/C17H19NO5/c1-4-12-9-15-14(10-13(12)17(20)22-3)18(16(19)11-23-15)7-5-6-8-21-2/h1,9-10H,5-8,11H2,2-3H3. The molecule has 1 heterocycles. The topological polar surface area (TPSA) is 65.1 Å². The first-order chi connectivity index (χ1) is 11.1. The molecule has 0 radical (unpaired) electrons. The van der Waals surface area contributed by atoms with Crippen molar-refractivity contribution in [2.75, 3.05) is 38.9 Å². The lowest BCUT2D eigenvalue weighted by Crippen LogP contribution is -2.39. The summed E-state index contributed by atoms with van der Waals surface area (Å²) in [6, 6.07) is 3.15. The number of esters is 1. The molecule has 1 amide bonds. The van der Waals surface area contributed by atoms with Crippen molar-refractivity contribution in [3.8, 4) is 18.1 Å². The first-order valence-corrected chi connectivity index (χ1v) is 7.27. The summed E-state index contributed by atoms with van der Waals surface area (Å²) < 4.78 is 15.2. The number of anilines is 1. The smallest absolute Gasteiger partial charge is 0.339 e. The first kappa shape index (κ1) is 16.8. The molecule has 0 saturated heterocycles. The molecule has 0 aliphatic carbocycles. The van der Waals surface area contributed by atoms with Crippen molar-refractivity contribution in [3.63, 3.8) is 0 Å². The number of methoxy groups -OCH3 is 2. The number of fused-ring (bicyclic) bond motifs is 1. The molecule has 0 atom stereocenters. The second-order valence-corrected chi connectivity index (χ2v) is 5.04. The molecule has 2 rings (SSSR count). The highest BCUT2D eigenvalue weighted by atomic mass is 16.5. The second kappa shape index (κ2) is 7.65. The van der Waals surface area contributed by atoms with Crippen LogP contribution in [0.3, 0.4) is 0 Å². The van der Waals surface area contributed by atoms with E-state index < -0.39 is 5.97 Å². The Morgan fingerprint density at radius 1 is 1.39 bits per heavy atom. The van der Waals surface area contributed by atoms with Gasteiger partial charge in [-0.2, -0.15) is 0 Å². The molecule has 1 aliphatic heterocycles. The van der Waals surface area contributed by atoms with Crippen molar-refractivity contribution in [2.45, 2.75) is 12.8 Å². The van der Waals surface area contributed by atoms with Crippen LogP contribution < -0.4 is 9.64 Å². The van der Waals surface area contributed by atoms with Crippen LogP contribution in [0.5, 0.6) is 5.75 Å². The molecule has 0 fully saturated rings. The van der Waals surface area contributed by atoms with Crippen LogP contribution in [0.25, 0.3) is 0 Å². The average Bonchev–Trinajstić information content (AvgIpc) is 2.58. The predicted octanol–water partition coefficient (Wildman–Crippen LogP) is 1.61. The van der Waals surface area contributed by atoms with Gasteiger partial charge in [0.25, 0.3) is 5.91 Å². The van der Waals surface area contributed by atoms with Crippen LogP contribution in [0.4, 0.5) is 5.69 Å². The van der Waals surface area contributed by atoms with E-state index in [2.05, 4.69) is 5.92 Å². The van der Waals surface area contributed by atoms with Gasteiger partial charge in [-0.15, -0.1) is 6.42 Å². The lowest BCUT2D eigenvalue weighted by Gasteiger charge is -2.30. The number of carbonyl (C=O) groups excluding carboxylic acids is 2. The number of benzene rings is 1. The average molecular weight is 317 g/mol. The van der Waals surface area contributed by atoms with Gasteiger partial charge in [0.2, 0.25) is 0 Å². The van der Waals surface area contributed by atoms with Crippen LogP contribution in [0.1, 0.15) is 28.8 Å². The van der Waals surface area contributed by atoms with Gasteiger partial charge < -0.3 is 19.1 Å². The monoisotopic (exact) mass is 317 g/mol. The minimum Gasteiger partial charge on any atom is -0.482 e. The number of carbonyl (C=O) groups is 2. The lowest BCUT2D eigenvalue weighted by molar-refractivity contribution is -0.121. The van der Waals surface area contributed by atoms with E-state index in [1.54, 1.807) is 24.1 Å². The summed E-state index contributed by atoms with van der Waals surface area (Å²) in [7, 11) is 2.92. The summed E-state index contributed by atoms with van der Waals surface area (Å²) in [4.78, 5) is 25.6. The number of unbranched alkanes of at least 4 members (excludes halogenated alkanes) is 1. The van der Waals surface area contributed by atoms with E-state index in [1.165, 1.54) is 7.11 Å². The number of terminal acetylenes is 1. The molecule has 0 unspecified atom stereocenters. The van der Waals surface area contributed by atoms with Gasteiger partial charge in [0.15, 0.2) is 6.61 Å². The Labute approximate surface area is 135 Å². The van der Waals surface area contributed by atoms with Gasteiger partial charge >= 0.3 is 5.97 Å². The summed E-state index contributed by atoms with van der Waals surface area (Å²) in [5.74, 6) is 2.25. The summed E-state index contributed by atoms with van der Waals surface area (Å²) in [6.45, 7) is 1.11. The summed E-state index contributed by atoms with van der Waals surface area (Å²) in [5.41, 5.74) is 1.16. The fourth-order valence-electron chi connectivity index (χ4n) is 2.41. The van der Waals surface area contributed by atoms with E-state index in [1.807, 2.05) is 0 Å². The van der Waals surface area contributed by atoms with Crippen LogP contribution in [-0.4, -0.2) is 45.9 Å². The molecule has 122 valence electrons. The SMILES string of the molecule is C#Cc1cc2c(cc1C(=O)OC)N(CCCCOC)C(=O)CO2. The predicted molar refractivity (Wildman–Crippen MR) is 84.7 cm³/mol. The molecular formula is C17H19NO5. The van der Waals surface area contributed by atoms with Gasteiger partial charge in [0, 0.05) is 25.8 Å². The fraction of sp³-hybridized carbons (Fsp3) is 0.412. The van der Waals surface area contributed by atoms with Gasteiger partial charge in [0.05, 0.1) is 18.4 Å². The summed E-state index contributed by atoms with van der Waals surface area (Å²) >= 11 is 0. The molecule has 0 spiro atoms. The quantitative estimate of drug-likeness (QED) is 0.453. The largest absolute Gasteiger partial charge is 0.482 e. The third kappa shape index (κ3) is 3.63. The zero-order valence-corrected chi connectivity index (χ0v) is 13.3. The lowest BCUT2D eigenvalue weighted by atomic mass is 10.0. The Kier molecular flexibility index (Phi) is 5.61. The summed E-state index contributed by atoms with van der Waals surface area (Å²) in [5, 5.41) is 0. The molecule has 1 aliphatic rings. The molecule has 0 bridgehead atoms.